The first-order valence-electron chi connectivity index (χ1n) is 9.54. The summed E-state index contributed by atoms with van der Waals surface area (Å²) in [5.41, 5.74) is 5.85. The Balaban J connectivity index is 1.81. The van der Waals surface area contributed by atoms with Crippen LogP contribution in [0.15, 0.2) is 29.2 Å². The van der Waals surface area contributed by atoms with Gasteiger partial charge in [0.15, 0.2) is 0 Å². The molecule has 0 bridgehead atoms. The molecule has 1 heterocycles. The summed E-state index contributed by atoms with van der Waals surface area (Å²) >= 11 is 0. The quantitative estimate of drug-likeness (QED) is 0.786. The highest BCUT2D eigenvalue weighted by Gasteiger charge is 2.35. The number of carbonyl (C=O) groups excluding carboxylic acids is 1. The molecule has 3 N–H and O–H groups in total. The molecule has 0 aromatic heterocycles. The van der Waals surface area contributed by atoms with Crippen LogP contribution in [0.4, 0.5) is 0 Å². The summed E-state index contributed by atoms with van der Waals surface area (Å²) in [5, 5.41) is 3.04. The zero-order chi connectivity index (χ0) is 19.7. The molecule has 1 aliphatic heterocycles. The normalized spacial score (nSPS) is 26.0. The fraction of sp³-hybridized carbons (Fsp3) is 0.632. The smallest absolute Gasteiger partial charge is 0.251 e. The van der Waals surface area contributed by atoms with Crippen molar-refractivity contribution >= 4 is 15.9 Å². The van der Waals surface area contributed by atoms with Gasteiger partial charge in [0.2, 0.25) is 10.0 Å². The number of hydrogen-bond donors (Lipinski definition) is 2. The molecule has 150 valence electrons. The van der Waals surface area contributed by atoms with Crippen molar-refractivity contribution in [3.8, 4) is 0 Å². The van der Waals surface area contributed by atoms with Crippen LogP contribution in [0.2, 0.25) is 0 Å². The average Bonchev–Trinajstić information content (AvgIpc) is 3.10. The number of sulfonamides is 1. The minimum Gasteiger partial charge on any atom is -0.373 e. The maximum absolute atomic E-state index is 13.0. The zero-order valence-electron chi connectivity index (χ0n) is 16.0. The lowest BCUT2D eigenvalue weighted by molar-refractivity contribution is -0.0440. The van der Waals surface area contributed by atoms with Gasteiger partial charge in [0.05, 0.1) is 22.6 Å². The van der Waals surface area contributed by atoms with Gasteiger partial charge in [0, 0.05) is 25.2 Å². The van der Waals surface area contributed by atoms with Crippen LogP contribution in [0.3, 0.4) is 0 Å². The lowest BCUT2D eigenvalue weighted by Gasteiger charge is -2.34. The van der Waals surface area contributed by atoms with Crippen molar-refractivity contribution in [2.24, 2.45) is 5.73 Å². The monoisotopic (exact) mass is 395 g/mol. The molecule has 0 radical (unpaired) electrons. The molecule has 2 fully saturated rings. The predicted octanol–water partition coefficient (Wildman–Crippen LogP) is 1.49. The van der Waals surface area contributed by atoms with Gasteiger partial charge in [-0.3, -0.25) is 4.79 Å². The Hall–Kier alpha value is -1.48. The number of rotatable bonds is 5. The maximum Gasteiger partial charge on any atom is 0.251 e. The highest BCUT2D eigenvalue weighted by molar-refractivity contribution is 7.89. The summed E-state index contributed by atoms with van der Waals surface area (Å²) < 4.78 is 33.1. The molecule has 27 heavy (non-hydrogen) atoms. The van der Waals surface area contributed by atoms with Crippen LogP contribution < -0.4 is 11.1 Å². The first-order valence-corrected chi connectivity index (χ1v) is 11.0. The topological polar surface area (TPSA) is 102 Å². The summed E-state index contributed by atoms with van der Waals surface area (Å²) in [6.45, 7) is 4.71. The van der Waals surface area contributed by atoms with E-state index in [2.05, 4.69) is 5.32 Å². The third-order valence-corrected chi connectivity index (χ3v) is 7.28. The lowest BCUT2D eigenvalue weighted by atomic mass is 9.97. The Morgan fingerprint density at radius 1 is 1.26 bits per heavy atom. The number of morpholine rings is 1. The van der Waals surface area contributed by atoms with Gasteiger partial charge in [0.25, 0.3) is 5.91 Å². The zero-order valence-corrected chi connectivity index (χ0v) is 16.8. The van der Waals surface area contributed by atoms with Gasteiger partial charge in [-0.2, -0.15) is 4.31 Å². The summed E-state index contributed by atoms with van der Waals surface area (Å²) in [4.78, 5) is 12.9. The van der Waals surface area contributed by atoms with Crippen LogP contribution in [-0.2, 0) is 14.8 Å². The predicted molar refractivity (Wildman–Crippen MR) is 103 cm³/mol. The van der Waals surface area contributed by atoms with Crippen LogP contribution in [0.5, 0.6) is 0 Å². The van der Waals surface area contributed by atoms with Gasteiger partial charge < -0.3 is 15.8 Å². The van der Waals surface area contributed by atoms with Gasteiger partial charge in [-0.15, -0.1) is 0 Å². The fourth-order valence-electron chi connectivity index (χ4n) is 4.02. The second-order valence-electron chi connectivity index (χ2n) is 7.75. The van der Waals surface area contributed by atoms with E-state index < -0.39 is 10.0 Å². The highest BCUT2D eigenvalue weighted by atomic mass is 32.2. The third-order valence-electron chi connectivity index (χ3n) is 5.45. The molecule has 7 nitrogen and oxygen atoms in total. The third kappa shape index (κ3) is 4.34. The van der Waals surface area contributed by atoms with Crippen LogP contribution >= 0.6 is 0 Å². The van der Waals surface area contributed by atoms with Crippen molar-refractivity contribution in [1.29, 1.82) is 0 Å². The molecule has 1 aliphatic carbocycles. The molecule has 1 saturated heterocycles. The molecule has 8 heteroatoms. The van der Waals surface area contributed by atoms with Crippen LogP contribution in [0.1, 0.15) is 49.9 Å². The fourth-order valence-corrected chi connectivity index (χ4v) is 5.66. The number of hydrogen-bond acceptors (Lipinski definition) is 5. The van der Waals surface area contributed by atoms with Crippen molar-refractivity contribution < 1.29 is 17.9 Å². The molecule has 2 atom stereocenters. The van der Waals surface area contributed by atoms with Crippen molar-refractivity contribution in [1.82, 2.24) is 9.62 Å². The molecular formula is C19H29N3O4S. The highest BCUT2D eigenvalue weighted by Crippen LogP contribution is 2.29. The Morgan fingerprint density at radius 3 is 2.48 bits per heavy atom. The lowest BCUT2D eigenvalue weighted by Crippen LogP contribution is -2.51. The molecule has 0 spiro atoms. The van der Waals surface area contributed by atoms with Crippen LogP contribution in [0, 0.1) is 0 Å². The van der Waals surface area contributed by atoms with Gasteiger partial charge in [-0.25, -0.2) is 8.42 Å². The van der Waals surface area contributed by atoms with Crippen LogP contribution in [0.25, 0.3) is 0 Å². The Labute approximate surface area is 161 Å². The van der Waals surface area contributed by atoms with E-state index in [1.165, 1.54) is 16.4 Å². The standard InChI is InChI=1S/C19H29N3O4S/c1-14-11-22(12-15(2)26-14)27(24,25)17-7-5-6-16(10-17)18(23)21-19(13-20)8-3-4-9-19/h5-7,10,14-15H,3-4,8-9,11-13,20H2,1-2H3,(H,21,23). The first-order chi connectivity index (χ1) is 12.8. The van der Waals surface area contributed by atoms with Crippen molar-refractivity contribution in [3.63, 3.8) is 0 Å². The van der Waals surface area contributed by atoms with E-state index in [9.17, 15) is 13.2 Å². The summed E-state index contributed by atoms with van der Waals surface area (Å²) in [6, 6.07) is 6.23. The van der Waals surface area contributed by atoms with Gasteiger partial charge in [-0.1, -0.05) is 18.9 Å². The summed E-state index contributed by atoms with van der Waals surface area (Å²) in [6.07, 6.45) is 3.47. The largest absolute Gasteiger partial charge is 0.373 e. The molecule has 1 aromatic carbocycles. The number of nitrogens with one attached hydrogen (secondary N) is 1. The van der Waals surface area contributed by atoms with Crippen molar-refractivity contribution in [2.75, 3.05) is 19.6 Å². The minimum atomic E-state index is -3.68. The van der Waals surface area contributed by atoms with E-state index in [-0.39, 0.29) is 28.5 Å². The number of carbonyl (C=O) groups is 1. The molecule has 2 unspecified atom stereocenters. The molecule has 1 aromatic rings. The van der Waals surface area contributed by atoms with E-state index >= 15 is 0 Å². The van der Waals surface area contributed by atoms with E-state index in [0.717, 1.165) is 25.7 Å². The van der Waals surface area contributed by atoms with E-state index in [1.807, 2.05) is 13.8 Å². The second-order valence-corrected chi connectivity index (χ2v) is 9.69. The number of nitrogens with two attached hydrogens (primary N) is 1. The van der Waals surface area contributed by atoms with E-state index in [1.54, 1.807) is 12.1 Å². The average molecular weight is 396 g/mol. The van der Waals surface area contributed by atoms with Gasteiger partial charge in [0.1, 0.15) is 0 Å². The van der Waals surface area contributed by atoms with E-state index in [4.69, 9.17) is 10.5 Å². The number of benzene rings is 1. The van der Waals surface area contributed by atoms with Gasteiger partial charge >= 0.3 is 0 Å². The molecular weight excluding hydrogens is 366 g/mol. The second kappa shape index (κ2) is 7.87. The molecule has 1 amide bonds. The SMILES string of the molecule is CC1CN(S(=O)(=O)c2cccc(C(=O)NC3(CN)CCCC3)c2)CC(C)O1. The minimum absolute atomic E-state index is 0.129. The first kappa shape index (κ1) is 20.3. The number of nitrogens with zero attached hydrogens (tertiary/aromatic N) is 1. The van der Waals surface area contributed by atoms with Crippen LogP contribution in [-0.4, -0.2) is 56.0 Å². The molecule has 2 aliphatic rings. The Kier molecular flexibility index (Phi) is 5.90. The summed E-state index contributed by atoms with van der Waals surface area (Å²) in [5.74, 6) is -0.275. The summed E-state index contributed by atoms with van der Waals surface area (Å²) in [7, 11) is -3.68. The van der Waals surface area contributed by atoms with Gasteiger partial charge in [-0.05, 0) is 44.9 Å². The maximum atomic E-state index is 13.0. The van der Waals surface area contributed by atoms with E-state index in [0.29, 0.717) is 25.2 Å². The Bertz CT molecular complexity index is 780. The molecule has 1 saturated carbocycles. The number of amides is 1. The van der Waals surface area contributed by atoms with Crippen molar-refractivity contribution in [2.45, 2.75) is 62.2 Å². The molecule has 3 rings (SSSR count). The Morgan fingerprint density at radius 2 is 1.89 bits per heavy atom. The number of ether oxygens (including phenoxy) is 1. The van der Waals surface area contributed by atoms with Crippen molar-refractivity contribution in [3.05, 3.63) is 29.8 Å².